The van der Waals surface area contributed by atoms with E-state index in [4.69, 9.17) is 35.8 Å². The van der Waals surface area contributed by atoms with E-state index in [1.807, 2.05) is 18.2 Å². The van der Waals surface area contributed by atoms with Crippen LogP contribution in [0.25, 0.3) is 21.3 Å². The minimum absolute atomic E-state index is 0.00936. The number of aryl methyl sites for hydroxylation is 1. The molecule has 3 aliphatic carbocycles. The maximum absolute atomic E-state index is 14.6. The summed E-state index contributed by atoms with van der Waals surface area (Å²) in [4.78, 5) is 115. The number of carbonyl (C=O) groups is 6. The lowest BCUT2D eigenvalue weighted by molar-refractivity contribution is -0.134. The first-order valence-corrected chi connectivity index (χ1v) is 34.7. The molecule has 25 heteroatoms. The number of hydrogen-bond acceptors (Lipinski definition) is 16. The Bertz CT molecular complexity index is 3500. The topological polar surface area (TPSA) is 355 Å². The minimum atomic E-state index is -0.972. The van der Waals surface area contributed by atoms with Gasteiger partial charge in [-0.05, 0) is 165 Å². The first kappa shape index (κ1) is 74.5. The first-order valence-electron chi connectivity index (χ1n) is 34.7. The monoisotopic (exact) mass is 1340 g/mol. The molecule has 4 aromatic carbocycles. The first-order chi connectivity index (χ1) is 47.0. The van der Waals surface area contributed by atoms with Crippen molar-refractivity contribution in [1.29, 1.82) is 0 Å². The lowest BCUT2D eigenvalue weighted by Gasteiger charge is -2.51. The van der Waals surface area contributed by atoms with Crippen LogP contribution in [-0.2, 0) is 50.6 Å². The van der Waals surface area contributed by atoms with Crippen molar-refractivity contribution in [2.75, 3.05) is 109 Å². The Morgan fingerprint density at radius 2 is 1.04 bits per heavy atom. The van der Waals surface area contributed by atoms with Crippen molar-refractivity contribution in [1.82, 2.24) is 19.3 Å². The number of fused-ring (bicyclic) bond motifs is 1. The lowest BCUT2D eigenvalue weighted by atomic mass is 9.51. The molecule has 2 bridgehead atoms. The van der Waals surface area contributed by atoms with Gasteiger partial charge in [-0.15, -0.1) is 0 Å². The molecule has 1 fully saturated rings. The number of likely N-dealkylation sites (N-methyl/N-ethyl adjacent to an activating group) is 2. The van der Waals surface area contributed by atoms with E-state index >= 15 is 0 Å². The van der Waals surface area contributed by atoms with Gasteiger partial charge in [0.2, 0.25) is 29.5 Å². The second-order valence-electron chi connectivity index (χ2n) is 25.7. The Morgan fingerprint density at radius 3 is 1.51 bits per heavy atom. The summed E-state index contributed by atoms with van der Waals surface area (Å²) in [6.45, 7) is 3.82. The maximum Gasteiger partial charge on any atom is 0.422 e. The number of hydrogen-bond donors (Lipinski definition) is 6. The van der Waals surface area contributed by atoms with Gasteiger partial charge >= 0.3 is 11.4 Å². The fourth-order valence-corrected chi connectivity index (χ4v) is 13.6. The zero-order chi connectivity index (χ0) is 69.3. The van der Waals surface area contributed by atoms with E-state index in [1.165, 1.54) is 35.0 Å². The molecule has 0 spiro atoms. The molecule has 1 aliphatic heterocycles. The summed E-state index contributed by atoms with van der Waals surface area (Å²) in [5, 5.41) is 13.5. The molecule has 9 N–H and O–H groups in total. The summed E-state index contributed by atoms with van der Waals surface area (Å²) in [5.41, 5.74) is 32.8. The van der Waals surface area contributed by atoms with Gasteiger partial charge in [-0.25, -0.2) is 9.59 Å². The van der Waals surface area contributed by atoms with Crippen molar-refractivity contribution in [3.8, 4) is 0 Å². The predicted molar refractivity (Wildman–Crippen MR) is 373 cm³/mol. The predicted octanol–water partition coefficient (Wildman–Crippen LogP) is 8.69. The molecule has 9 rings (SSSR count). The van der Waals surface area contributed by atoms with Crippen molar-refractivity contribution in [3.05, 3.63) is 143 Å². The van der Waals surface area contributed by atoms with Crippen molar-refractivity contribution >= 4 is 63.4 Å². The number of nitrogens with two attached hydrogens (primary N) is 3. The highest BCUT2D eigenvalue weighted by molar-refractivity contribution is 6.01. The average molecular weight is 1340 g/mol. The Hall–Kier alpha value is -8.29. The summed E-state index contributed by atoms with van der Waals surface area (Å²) < 4.78 is 23.4. The number of benzene rings is 4. The fraction of sp³-hybridized carbons (Fsp3) is 0.556. The molecular weight excluding hydrogens is 1240 g/mol. The number of carbonyl (C=O) groups excluding carboxylic acids is 6. The number of anilines is 3. The van der Waals surface area contributed by atoms with Crippen LogP contribution < -0.4 is 44.5 Å². The van der Waals surface area contributed by atoms with Crippen molar-refractivity contribution in [2.45, 2.75) is 158 Å². The molecular formula is C72H99N13O12. The number of likely N-dealkylation sites (tertiary alicyclic amines) is 1. The van der Waals surface area contributed by atoms with E-state index < -0.39 is 34.8 Å². The van der Waals surface area contributed by atoms with Crippen LogP contribution in [0.4, 0.5) is 17.1 Å². The molecule has 524 valence electrons. The van der Waals surface area contributed by atoms with E-state index in [-0.39, 0.29) is 117 Å². The van der Waals surface area contributed by atoms with Crippen molar-refractivity contribution < 1.29 is 47.4 Å². The number of aromatic nitrogens is 1. The SMILES string of the molecule is CN(CCOCCOCCOCCN(C)C(=O)[C@@H]1C[C@H](N=[N+]=[N-])CN1C(=O)c1ccc2c(=O)oc(=O)n(C)c2c1)C(=O)CCC12c3cc(NC(=O)CCCCCCCN)ccc3C(c3ccc(NC(=O)CCCCCCCN)cc31)c1ccc(NC(=O)CCCCCCCN)cc12. The van der Waals surface area contributed by atoms with Crippen LogP contribution in [0.2, 0.25) is 0 Å². The van der Waals surface area contributed by atoms with Crippen LogP contribution in [-0.4, -0.2) is 160 Å². The number of amides is 6. The standard InChI is InChI=1S/C72H99N13O12/c1-82(35-37-94-39-41-96-42-40-95-38-36-83(2)69(91)62-47-53(80-81-76)48-85(62)68(90)49-22-26-57-61(43-49)84(3)71(93)97-70(57)92)66(89)30-31-72-58-44-50(77-63(86)19-13-7-4-10-16-32-73)23-27-54(58)67(55-28-24-51(45-59(55)72)78-64(87)20-14-8-5-11-17-33-74)56-29-25-52(46-60(56)72)79-65(88)21-15-9-6-12-18-34-75/h22-29,43-46,53,62,67H,4-21,30-42,47-48,73-75H2,1-3H3,(H,77,86)(H,78,87)(H,79,88)/t53-,62-,67?,72?/m0/s1. The Morgan fingerprint density at radius 1 is 0.598 bits per heavy atom. The zero-order valence-corrected chi connectivity index (χ0v) is 56.8. The van der Waals surface area contributed by atoms with Crippen LogP contribution in [0.3, 0.4) is 0 Å². The van der Waals surface area contributed by atoms with Gasteiger partial charge in [0.15, 0.2) is 0 Å². The van der Waals surface area contributed by atoms with Crippen LogP contribution in [0.15, 0.2) is 91.9 Å². The summed E-state index contributed by atoms with van der Waals surface area (Å²) in [6.07, 6.45) is 15.7. The summed E-state index contributed by atoms with van der Waals surface area (Å²) in [6, 6.07) is 21.0. The van der Waals surface area contributed by atoms with Crippen molar-refractivity contribution in [2.24, 2.45) is 29.4 Å². The van der Waals surface area contributed by atoms with Crippen LogP contribution >= 0.6 is 0 Å². The zero-order valence-electron chi connectivity index (χ0n) is 56.8. The van der Waals surface area contributed by atoms with E-state index in [1.54, 1.807) is 19.0 Å². The third-order valence-electron chi connectivity index (χ3n) is 18.9. The second kappa shape index (κ2) is 37.4. The van der Waals surface area contributed by atoms with Crippen LogP contribution in [0.1, 0.15) is 184 Å². The van der Waals surface area contributed by atoms with E-state index in [2.05, 4.69) is 62.4 Å². The van der Waals surface area contributed by atoms with Crippen LogP contribution in [0, 0.1) is 0 Å². The molecule has 4 aliphatic rings. The smallest absolute Gasteiger partial charge is 0.377 e. The molecule has 0 saturated carbocycles. The molecule has 97 heavy (non-hydrogen) atoms. The summed E-state index contributed by atoms with van der Waals surface area (Å²) >= 11 is 0. The number of unbranched alkanes of at least 4 members (excludes halogenated alkanes) is 12. The number of rotatable bonds is 42. The fourth-order valence-electron chi connectivity index (χ4n) is 13.6. The molecule has 25 nitrogen and oxygen atoms in total. The molecule has 2 atom stereocenters. The number of ether oxygens (including phenoxy) is 3. The van der Waals surface area contributed by atoms with Crippen molar-refractivity contribution in [3.63, 3.8) is 0 Å². The largest absolute Gasteiger partial charge is 0.422 e. The average Bonchev–Trinajstić information content (AvgIpc) is 0.899. The highest BCUT2D eigenvalue weighted by Gasteiger charge is 2.52. The second-order valence-corrected chi connectivity index (χ2v) is 25.7. The molecule has 5 aromatic rings. The van der Waals surface area contributed by atoms with Gasteiger partial charge in [-0.2, -0.15) is 0 Å². The van der Waals surface area contributed by atoms with Gasteiger partial charge in [0.25, 0.3) is 5.91 Å². The van der Waals surface area contributed by atoms with Gasteiger partial charge in [0.1, 0.15) is 6.04 Å². The molecule has 1 saturated heterocycles. The highest BCUT2D eigenvalue weighted by atomic mass is 16.5. The Balaban J connectivity index is 0.887. The summed E-state index contributed by atoms with van der Waals surface area (Å²) in [7, 11) is 4.76. The van der Waals surface area contributed by atoms with Crippen LogP contribution in [0.5, 0.6) is 0 Å². The summed E-state index contributed by atoms with van der Waals surface area (Å²) in [5.74, 6) is -2.37. The van der Waals surface area contributed by atoms with Gasteiger partial charge in [0, 0.05) is 105 Å². The molecule has 6 amide bonds. The van der Waals surface area contributed by atoms with Gasteiger partial charge < -0.3 is 66.5 Å². The van der Waals surface area contributed by atoms with E-state index in [0.29, 0.717) is 68.9 Å². The molecule has 0 radical (unpaired) electrons. The normalized spacial score (nSPS) is 16.5. The van der Waals surface area contributed by atoms with Gasteiger partial charge in [-0.3, -0.25) is 33.3 Å². The Kier molecular flexibility index (Phi) is 28.8. The molecule has 2 heterocycles. The van der Waals surface area contributed by atoms with E-state index in [0.717, 1.165) is 134 Å². The number of nitrogens with one attached hydrogen (secondary N) is 3. The maximum atomic E-state index is 14.6. The number of azide groups is 1. The quantitative estimate of drug-likeness (QED) is 0.00921. The third kappa shape index (κ3) is 19.7. The minimum Gasteiger partial charge on any atom is -0.377 e. The molecule has 0 unspecified atom stereocenters. The molecule has 1 aromatic heterocycles. The Labute approximate surface area is 567 Å². The van der Waals surface area contributed by atoms with Gasteiger partial charge in [0.05, 0.1) is 56.6 Å². The third-order valence-corrected chi connectivity index (χ3v) is 18.9. The van der Waals surface area contributed by atoms with E-state index in [9.17, 15) is 43.9 Å². The highest BCUT2D eigenvalue weighted by Crippen LogP contribution is 2.62. The number of nitrogens with zero attached hydrogens (tertiary/aromatic N) is 7. The van der Waals surface area contributed by atoms with Gasteiger partial charge in [-0.1, -0.05) is 81.1 Å². The lowest BCUT2D eigenvalue weighted by Crippen LogP contribution is -2.47.